The Balaban J connectivity index is 1.59. The molecule has 0 spiro atoms. The molecule has 0 radical (unpaired) electrons. The van der Waals surface area contributed by atoms with Gasteiger partial charge >= 0.3 is 0 Å². The van der Waals surface area contributed by atoms with Crippen LogP contribution in [-0.4, -0.2) is 43.6 Å². The molecule has 110 valence electrons. The van der Waals surface area contributed by atoms with Crippen LogP contribution in [0, 0.1) is 17.8 Å². The van der Waals surface area contributed by atoms with Gasteiger partial charge in [0.25, 0.3) is 10.2 Å². The maximum atomic E-state index is 12.4. The van der Waals surface area contributed by atoms with Gasteiger partial charge in [0.15, 0.2) is 0 Å². The number of hydrogen-bond acceptors (Lipinski definition) is 3. The molecule has 0 bridgehead atoms. The first-order chi connectivity index (χ1) is 9.10. The van der Waals surface area contributed by atoms with Gasteiger partial charge in [-0.15, -0.1) is 0 Å². The van der Waals surface area contributed by atoms with Crippen LogP contribution in [0.2, 0.25) is 0 Å². The summed E-state index contributed by atoms with van der Waals surface area (Å²) in [4.78, 5) is 0. The van der Waals surface area contributed by atoms with Crippen LogP contribution in [0.15, 0.2) is 0 Å². The molecule has 0 atom stereocenters. The Morgan fingerprint density at radius 2 is 1.58 bits per heavy atom. The van der Waals surface area contributed by atoms with Crippen molar-refractivity contribution in [1.29, 1.82) is 0 Å². The van der Waals surface area contributed by atoms with Crippen molar-refractivity contribution in [2.45, 2.75) is 44.6 Å². The van der Waals surface area contributed by atoms with Crippen LogP contribution in [0.5, 0.6) is 0 Å². The van der Waals surface area contributed by atoms with Gasteiger partial charge < -0.3 is 5.11 Å². The molecule has 2 aliphatic carbocycles. The standard InChI is InChI=1S/C13H24N2O3S/c16-9-10-5-7-15(8-6-10)19(17,18)14-13(11-1-2-11)12-3-4-12/h10-14,16H,1-9H2. The molecule has 0 amide bonds. The second-order valence-electron chi connectivity index (χ2n) is 6.35. The van der Waals surface area contributed by atoms with Crippen molar-refractivity contribution in [2.24, 2.45) is 17.8 Å². The largest absolute Gasteiger partial charge is 0.396 e. The van der Waals surface area contributed by atoms with E-state index in [1.165, 1.54) is 25.7 Å². The number of piperidine rings is 1. The topological polar surface area (TPSA) is 69.6 Å². The van der Waals surface area contributed by atoms with E-state index in [1.807, 2.05) is 0 Å². The molecule has 2 N–H and O–H groups in total. The van der Waals surface area contributed by atoms with E-state index in [0.29, 0.717) is 24.9 Å². The SMILES string of the molecule is O=S(=O)(NC(C1CC1)C1CC1)N1CCC(CO)CC1. The van der Waals surface area contributed by atoms with Gasteiger partial charge in [0.05, 0.1) is 0 Å². The Morgan fingerprint density at radius 3 is 2.00 bits per heavy atom. The molecule has 3 fully saturated rings. The molecule has 0 aromatic heterocycles. The molecule has 2 saturated carbocycles. The zero-order chi connectivity index (χ0) is 13.5. The molecular weight excluding hydrogens is 264 g/mol. The second-order valence-corrected chi connectivity index (χ2v) is 8.05. The maximum absolute atomic E-state index is 12.4. The number of nitrogens with one attached hydrogen (secondary N) is 1. The highest BCUT2D eigenvalue weighted by Crippen LogP contribution is 2.44. The lowest BCUT2D eigenvalue weighted by molar-refractivity contribution is 0.169. The zero-order valence-electron chi connectivity index (χ0n) is 11.3. The number of nitrogens with zero attached hydrogens (tertiary/aromatic N) is 1. The summed E-state index contributed by atoms with van der Waals surface area (Å²) in [5.41, 5.74) is 0. The van der Waals surface area contributed by atoms with E-state index < -0.39 is 10.2 Å². The van der Waals surface area contributed by atoms with Crippen molar-refractivity contribution < 1.29 is 13.5 Å². The molecule has 3 aliphatic rings. The van der Waals surface area contributed by atoms with Crippen molar-refractivity contribution in [2.75, 3.05) is 19.7 Å². The van der Waals surface area contributed by atoms with Crippen LogP contribution in [-0.2, 0) is 10.2 Å². The maximum Gasteiger partial charge on any atom is 0.279 e. The molecule has 0 aromatic carbocycles. The molecule has 1 aliphatic heterocycles. The summed E-state index contributed by atoms with van der Waals surface area (Å²) in [5.74, 6) is 1.43. The van der Waals surface area contributed by atoms with Crippen molar-refractivity contribution >= 4 is 10.2 Å². The molecule has 1 saturated heterocycles. The third kappa shape index (κ3) is 3.29. The normalized spacial score (nSPS) is 27.1. The Morgan fingerprint density at radius 1 is 1.05 bits per heavy atom. The van der Waals surface area contributed by atoms with Crippen molar-refractivity contribution in [3.63, 3.8) is 0 Å². The van der Waals surface area contributed by atoms with Crippen LogP contribution in [0.25, 0.3) is 0 Å². The fraction of sp³-hybridized carbons (Fsp3) is 1.00. The van der Waals surface area contributed by atoms with Crippen molar-refractivity contribution in [3.05, 3.63) is 0 Å². The lowest BCUT2D eigenvalue weighted by atomic mass is 10.00. The fourth-order valence-electron chi connectivity index (χ4n) is 3.07. The van der Waals surface area contributed by atoms with Gasteiger partial charge in [-0.1, -0.05) is 0 Å². The van der Waals surface area contributed by atoms with Crippen LogP contribution in [0.3, 0.4) is 0 Å². The second kappa shape index (κ2) is 5.31. The van der Waals surface area contributed by atoms with Gasteiger partial charge in [-0.25, -0.2) is 0 Å². The Bertz CT molecular complexity index is 398. The molecule has 19 heavy (non-hydrogen) atoms. The van der Waals surface area contributed by atoms with Crippen LogP contribution in [0.1, 0.15) is 38.5 Å². The Kier molecular flexibility index (Phi) is 3.86. The number of hydrogen-bond donors (Lipinski definition) is 2. The molecule has 0 unspecified atom stereocenters. The smallest absolute Gasteiger partial charge is 0.279 e. The minimum absolute atomic E-state index is 0.175. The summed E-state index contributed by atoms with van der Waals surface area (Å²) >= 11 is 0. The average molecular weight is 288 g/mol. The first kappa shape index (κ1) is 13.8. The lowest BCUT2D eigenvalue weighted by Crippen LogP contribution is -2.49. The number of aliphatic hydroxyl groups is 1. The first-order valence-corrected chi connectivity index (χ1v) is 8.92. The zero-order valence-corrected chi connectivity index (χ0v) is 12.1. The summed E-state index contributed by atoms with van der Waals surface area (Å²) in [7, 11) is -3.32. The predicted molar refractivity (Wildman–Crippen MR) is 72.7 cm³/mol. The monoisotopic (exact) mass is 288 g/mol. The van der Waals surface area contributed by atoms with E-state index in [4.69, 9.17) is 5.11 Å². The Hall–Kier alpha value is -0.170. The lowest BCUT2D eigenvalue weighted by Gasteiger charge is -2.31. The summed E-state index contributed by atoms with van der Waals surface area (Å²) in [5, 5.41) is 9.10. The number of aliphatic hydroxyl groups excluding tert-OH is 1. The van der Waals surface area contributed by atoms with Crippen molar-refractivity contribution in [3.8, 4) is 0 Å². The van der Waals surface area contributed by atoms with Crippen LogP contribution >= 0.6 is 0 Å². The van der Waals surface area contributed by atoms with Gasteiger partial charge in [-0.2, -0.15) is 17.4 Å². The summed E-state index contributed by atoms with van der Waals surface area (Å²) in [6.45, 7) is 1.26. The number of rotatable bonds is 6. The molecule has 1 heterocycles. The van der Waals surface area contributed by atoms with E-state index >= 15 is 0 Å². The molecule has 6 heteroatoms. The van der Waals surface area contributed by atoms with E-state index in [1.54, 1.807) is 4.31 Å². The van der Waals surface area contributed by atoms with Gasteiger partial charge in [0.2, 0.25) is 0 Å². The van der Waals surface area contributed by atoms with E-state index in [9.17, 15) is 8.42 Å². The van der Waals surface area contributed by atoms with Crippen LogP contribution in [0.4, 0.5) is 0 Å². The third-order valence-corrected chi connectivity index (χ3v) is 6.33. The van der Waals surface area contributed by atoms with Gasteiger partial charge in [0, 0.05) is 25.7 Å². The quantitative estimate of drug-likeness (QED) is 0.756. The molecule has 5 nitrogen and oxygen atoms in total. The van der Waals surface area contributed by atoms with Crippen molar-refractivity contribution in [1.82, 2.24) is 9.03 Å². The molecule has 3 rings (SSSR count). The minimum Gasteiger partial charge on any atom is -0.396 e. The van der Waals surface area contributed by atoms with Crippen LogP contribution < -0.4 is 4.72 Å². The third-order valence-electron chi connectivity index (χ3n) is 4.72. The van der Waals surface area contributed by atoms with E-state index in [-0.39, 0.29) is 18.6 Å². The van der Waals surface area contributed by atoms with E-state index in [0.717, 1.165) is 12.8 Å². The highest BCUT2D eigenvalue weighted by Gasteiger charge is 2.44. The van der Waals surface area contributed by atoms with Gasteiger partial charge in [-0.3, -0.25) is 0 Å². The first-order valence-electron chi connectivity index (χ1n) is 7.48. The minimum atomic E-state index is -3.32. The van der Waals surface area contributed by atoms with Gasteiger partial charge in [-0.05, 0) is 56.3 Å². The highest BCUT2D eigenvalue weighted by molar-refractivity contribution is 7.87. The summed E-state index contributed by atoms with van der Waals surface area (Å²) in [6, 6.07) is 0.181. The molecular formula is C13H24N2O3S. The highest BCUT2D eigenvalue weighted by atomic mass is 32.2. The summed E-state index contributed by atoms with van der Waals surface area (Å²) in [6.07, 6.45) is 6.25. The average Bonchev–Trinajstić information content (AvgIpc) is 3.29. The Labute approximate surface area is 115 Å². The summed E-state index contributed by atoms with van der Waals surface area (Å²) < 4.78 is 29.3. The fourth-order valence-corrected chi connectivity index (χ4v) is 4.64. The van der Waals surface area contributed by atoms with E-state index in [2.05, 4.69) is 4.72 Å². The predicted octanol–water partition coefficient (Wildman–Crippen LogP) is 0.714. The molecule has 0 aromatic rings. The van der Waals surface area contributed by atoms with Gasteiger partial charge in [0.1, 0.15) is 0 Å².